The lowest BCUT2D eigenvalue weighted by molar-refractivity contribution is -0.150. The van der Waals surface area contributed by atoms with E-state index in [4.69, 9.17) is 14.2 Å². The molecule has 290 valence electrons. The maximum absolute atomic E-state index is 13.5. The van der Waals surface area contributed by atoms with E-state index in [1.165, 1.54) is 56.7 Å². The number of nitrogens with zero attached hydrogens (tertiary/aromatic N) is 2. The number of fused-ring (bicyclic) bond motifs is 1. The molecule has 5 rings (SSSR count). The SMILES string of the molecule is CC[C@H](C)[C@H](SSCCC(=O)O[C@@H]1CCN([C@@H]2CCCC[C@H]2OCCc2ccc(OC)c(C)c2)C1)C(=O)N[C@H]1CCC[C@H]2SC[C@@H](C(=O)O)N2C1=O. The first kappa shape index (κ1) is 41.0. The van der Waals surface area contributed by atoms with Crippen molar-refractivity contribution in [1.29, 1.82) is 0 Å². The molecular weight excluding hydrogens is 723 g/mol. The molecule has 0 radical (unpaired) electrons. The molecule has 4 fully saturated rings. The molecular formula is C38H57N3O8S3. The van der Waals surface area contributed by atoms with Crippen LogP contribution in [0.25, 0.3) is 0 Å². The Labute approximate surface area is 321 Å². The molecule has 3 heterocycles. The smallest absolute Gasteiger partial charge is 0.327 e. The van der Waals surface area contributed by atoms with E-state index in [0.717, 1.165) is 69.3 Å². The molecule has 1 aliphatic carbocycles. The first-order valence-corrected chi connectivity index (χ1v) is 22.5. The zero-order chi connectivity index (χ0) is 37.2. The van der Waals surface area contributed by atoms with Gasteiger partial charge in [-0.05, 0) is 75.0 Å². The summed E-state index contributed by atoms with van der Waals surface area (Å²) in [7, 11) is 4.62. The summed E-state index contributed by atoms with van der Waals surface area (Å²) < 4.78 is 17.8. The minimum absolute atomic E-state index is 0.0518. The molecule has 14 heteroatoms. The fourth-order valence-electron chi connectivity index (χ4n) is 7.83. The number of benzene rings is 1. The Morgan fingerprint density at radius 1 is 1.12 bits per heavy atom. The van der Waals surface area contributed by atoms with Crippen LogP contribution >= 0.6 is 33.3 Å². The summed E-state index contributed by atoms with van der Waals surface area (Å²) in [5.41, 5.74) is 2.38. The fraction of sp³-hybridized carbons (Fsp3) is 0.737. The van der Waals surface area contributed by atoms with Gasteiger partial charge in [0.05, 0.1) is 36.9 Å². The van der Waals surface area contributed by atoms with Crippen molar-refractivity contribution >= 4 is 57.1 Å². The summed E-state index contributed by atoms with van der Waals surface area (Å²) in [6.07, 6.45) is 9.27. The van der Waals surface area contributed by atoms with Crippen molar-refractivity contribution < 1.29 is 38.5 Å². The van der Waals surface area contributed by atoms with Gasteiger partial charge in [0.2, 0.25) is 11.8 Å². The molecule has 8 atom stereocenters. The average molecular weight is 780 g/mol. The highest BCUT2D eigenvalue weighted by molar-refractivity contribution is 8.77. The predicted octanol–water partition coefficient (Wildman–Crippen LogP) is 5.70. The van der Waals surface area contributed by atoms with Gasteiger partial charge in [0.15, 0.2) is 0 Å². The largest absolute Gasteiger partial charge is 0.496 e. The minimum Gasteiger partial charge on any atom is -0.496 e. The van der Waals surface area contributed by atoms with Crippen LogP contribution in [0.5, 0.6) is 5.75 Å². The number of thioether (sulfide) groups is 1. The first-order valence-electron chi connectivity index (χ1n) is 19.0. The van der Waals surface area contributed by atoms with E-state index in [-0.39, 0.29) is 47.7 Å². The van der Waals surface area contributed by atoms with Crippen LogP contribution in [0.4, 0.5) is 0 Å². The summed E-state index contributed by atoms with van der Waals surface area (Å²) in [6.45, 7) is 8.42. The van der Waals surface area contributed by atoms with Crippen molar-refractivity contribution in [3.05, 3.63) is 29.3 Å². The van der Waals surface area contributed by atoms with Crippen molar-refractivity contribution in [1.82, 2.24) is 15.1 Å². The highest BCUT2D eigenvalue weighted by atomic mass is 33.1. The Balaban J connectivity index is 1.03. The Bertz CT molecular complexity index is 1390. The van der Waals surface area contributed by atoms with Crippen LogP contribution in [0.3, 0.4) is 0 Å². The monoisotopic (exact) mass is 779 g/mol. The normalized spacial score (nSPS) is 27.8. The lowest BCUT2D eigenvalue weighted by atomic mass is 9.91. The first-order chi connectivity index (χ1) is 25.1. The van der Waals surface area contributed by atoms with Crippen molar-refractivity contribution in [2.45, 2.75) is 132 Å². The molecule has 1 aromatic carbocycles. The number of ether oxygens (including phenoxy) is 3. The quantitative estimate of drug-likeness (QED) is 0.114. The van der Waals surface area contributed by atoms with E-state index >= 15 is 0 Å². The van der Waals surface area contributed by atoms with E-state index in [0.29, 0.717) is 30.6 Å². The van der Waals surface area contributed by atoms with Crippen molar-refractivity contribution in [3.63, 3.8) is 0 Å². The van der Waals surface area contributed by atoms with Crippen LogP contribution in [-0.2, 0) is 35.1 Å². The third-order valence-corrected chi connectivity index (χ3v) is 15.2. The minimum atomic E-state index is -1.00. The van der Waals surface area contributed by atoms with Crippen LogP contribution < -0.4 is 10.1 Å². The lowest BCUT2D eigenvalue weighted by Crippen LogP contribution is -2.54. The van der Waals surface area contributed by atoms with Crippen molar-refractivity contribution in [3.8, 4) is 5.75 Å². The van der Waals surface area contributed by atoms with Crippen LogP contribution in [0, 0.1) is 12.8 Å². The van der Waals surface area contributed by atoms with Gasteiger partial charge in [0.1, 0.15) is 23.9 Å². The molecule has 1 aromatic rings. The number of aliphatic carboxylic acids is 1. The number of rotatable bonds is 17. The summed E-state index contributed by atoms with van der Waals surface area (Å²) in [6, 6.07) is 5.05. The second-order valence-corrected chi connectivity index (χ2v) is 18.4. The highest BCUT2D eigenvalue weighted by Crippen LogP contribution is 2.37. The van der Waals surface area contributed by atoms with Crippen LogP contribution in [0.2, 0.25) is 0 Å². The maximum Gasteiger partial charge on any atom is 0.327 e. The standard InChI is InChI=1S/C38H57N3O8S3/c1-5-24(2)35(36(43)39-28-9-8-12-33-41(37(28)44)30(23-50-33)38(45)46)52-51-20-17-34(42)49-27-15-18-40(22-27)29-10-6-7-11-32(29)48-19-16-26-13-14-31(47-4)25(3)21-26/h13-14,21,24,27-30,32-33,35H,5-12,15-20,22-23H2,1-4H3,(H,39,43)(H,45,46)/t24-,27+,28-,29+,30-,32+,33+,35-/m0/s1. The number of carboxylic acids is 1. The topological polar surface area (TPSA) is 135 Å². The van der Waals surface area contributed by atoms with Gasteiger partial charge in [-0.2, -0.15) is 0 Å². The van der Waals surface area contributed by atoms with Gasteiger partial charge in [-0.15, -0.1) is 11.8 Å². The number of amides is 2. The van der Waals surface area contributed by atoms with E-state index < -0.39 is 23.3 Å². The van der Waals surface area contributed by atoms with Crippen LogP contribution in [-0.4, -0.2) is 118 Å². The zero-order valence-electron chi connectivity index (χ0n) is 31.1. The van der Waals surface area contributed by atoms with Gasteiger partial charge in [-0.1, -0.05) is 66.8 Å². The van der Waals surface area contributed by atoms with E-state index in [9.17, 15) is 24.3 Å². The van der Waals surface area contributed by atoms with Gasteiger partial charge in [-0.25, -0.2) is 4.79 Å². The third kappa shape index (κ3) is 10.8. The number of carbonyl (C=O) groups is 4. The molecule has 11 nitrogen and oxygen atoms in total. The van der Waals surface area contributed by atoms with Gasteiger partial charge < -0.3 is 29.5 Å². The van der Waals surface area contributed by atoms with Gasteiger partial charge in [-0.3, -0.25) is 19.3 Å². The summed E-state index contributed by atoms with van der Waals surface area (Å²) in [5, 5.41) is 12.1. The molecule has 52 heavy (non-hydrogen) atoms. The van der Waals surface area contributed by atoms with Crippen LogP contribution in [0.15, 0.2) is 18.2 Å². The highest BCUT2D eigenvalue weighted by Gasteiger charge is 2.46. The number of nitrogens with one attached hydrogen (secondary N) is 1. The number of likely N-dealkylation sites (tertiary alicyclic amines) is 1. The van der Waals surface area contributed by atoms with E-state index in [1.807, 2.05) is 19.9 Å². The summed E-state index contributed by atoms with van der Waals surface area (Å²) >= 11 is 1.51. The maximum atomic E-state index is 13.5. The number of esters is 1. The number of carbonyl (C=O) groups excluding carboxylic acids is 3. The van der Waals surface area contributed by atoms with Crippen molar-refractivity contribution in [2.24, 2.45) is 5.92 Å². The number of methoxy groups -OCH3 is 1. The number of hydrogen-bond acceptors (Lipinski definition) is 11. The number of carboxylic acid groups (broad SMARTS) is 1. The zero-order valence-corrected chi connectivity index (χ0v) is 33.5. The average Bonchev–Trinajstić information content (AvgIpc) is 3.75. The molecule has 0 spiro atoms. The lowest BCUT2D eigenvalue weighted by Gasteiger charge is -2.37. The molecule has 1 saturated carbocycles. The fourth-order valence-corrected chi connectivity index (χ4v) is 12.1. The Kier molecular flexibility index (Phi) is 15.8. The van der Waals surface area contributed by atoms with Crippen molar-refractivity contribution in [2.75, 3.05) is 38.3 Å². The van der Waals surface area contributed by atoms with Crippen LogP contribution in [0.1, 0.15) is 89.2 Å². The van der Waals surface area contributed by atoms with Gasteiger partial charge in [0.25, 0.3) is 0 Å². The molecule has 0 aromatic heterocycles. The molecule has 4 aliphatic rings. The molecule has 0 unspecified atom stereocenters. The Morgan fingerprint density at radius 3 is 2.67 bits per heavy atom. The summed E-state index contributed by atoms with van der Waals surface area (Å²) in [4.78, 5) is 55.6. The molecule has 0 bridgehead atoms. The van der Waals surface area contributed by atoms with Gasteiger partial charge >= 0.3 is 11.9 Å². The third-order valence-electron chi connectivity index (χ3n) is 11.0. The number of aryl methyl sites for hydroxylation is 1. The molecule has 2 N–H and O–H groups in total. The van der Waals surface area contributed by atoms with E-state index in [1.54, 1.807) is 7.11 Å². The molecule has 3 saturated heterocycles. The predicted molar refractivity (Wildman–Crippen MR) is 208 cm³/mol. The Morgan fingerprint density at radius 2 is 1.92 bits per heavy atom. The molecule has 3 aliphatic heterocycles. The van der Waals surface area contributed by atoms with Gasteiger partial charge in [0, 0.05) is 30.6 Å². The Hall–Kier alpha value is -2.13. The summed E-state index contributed by atoms with van der Waals surface area (Å²) in [5.74, 6) is 0.115. The second kappa shape index (κ2) is 20.0. The number of hydrogen-bond donors (Lipinski definition) is 2. The second-order valence-electron chi connectivity index (χ2n) is 14.6. The van der Waals surface area contributed by atoms with E-state index in [2.05, 4.69) is 29.3 Å². The molecule has 2 amide bonds.